The van der Waals surface area contributed by atoms with Gasteiger partial charge in [-0.1, -0.05) is 48.5 Å². The van der Waals surface area contributed by atoms with Gasteiger partial charge in [0, 0.05) is 42.9 Å². The Morgan fingerprint density at radius 1 is 0.886 bits per heavy atom. The Balaban J connectivity index is 1.72. The van der Waals surface area contributed by atoms with E-state index in [0.29, 0.717) is 17.5 Å². The van der Waals surface area contributed by atoms with Crippen LogP contribution >= 0.6 is 23.2 Å². The molecule has 9 heteroatoms. The van der Waals surface area contributed by atoms with Crippen molar-refractivity contribution >= 4 is 39.1 Å². The van der Waals surface area contributed by atoms with Crippen molar-refractivity contribution < 1.29 is 17.6 Å². The van der Waals surface area contributed by atoms with Crippen molar-refractivity contribution in [1.82, 2.24) is 9.62 Å². The van der Waals surface area contributed by atoms with Crippen LogP contribution in [-0.2, 0) is 16.4 Å². The monoisotopic (exact) mass is 536 g/mol. The molecule has 5 nitrogen and oxygen atoms in total. The molecule has 0 aliphatic carbocycles. The second-order valence-corrected chi connectivity index (χ2v) is 10.6. The van der Waals surface area contributed by atoms with Crippen LogP contribution < -0.4 is 5.32 Å². The first-order chi connectivity index (χ1) is 16.9. The van der Waals surface area contributed by atoms with Crippen LogP contribution in [0.5, 0.6) is 0 Å². The van der Waals surface area contributed by atoms with Crippen LogP contribution in [0.1, 0.15) is 27.4 Å². The predicted octanol–water partition coefficient (Wildman–Crippen LogP) is 5.05. The lowest BCUT2D eigenvalue weighted by Gasteiger charge is -2.20. The normalized spacial score (nSPS) is 12.5. The molecule has 0 aliphatic rings. The van der Waals surface area contributed by atoms with Crippen LogP contribution in [0.2, 0.25) is 0 Å². The first-order valence-corrected chi connectivity index (χ1v) is 13.7. The molecule has 1 amide bonds. The van der Waals surface area contributed by atoms with E-state index in [1.807, 2.05) is 30.3 Å². The van der Waals surface area contributed by atoms with Crippen LogP contribution in [0.3, 0.4) is 0 Å². The Morgan fingerprint density at radius 3 is 2.09 bits per heavy atom. The van der Waals surface area contributed by atoms with Crippen molar-refractivity contribution in [3.05, 3.63) is 101 Å². The number of carbonyl (C=O) groups is 1. The summed E-state index contributed by atoms with van der Waals surface area (Å²) in [5, 5.41) is 2.90. The van der Waals surface area contributed by atoms with E-state index >= 15 is 0 Å². The molecule has 0 saturated heterocycles. The van der Waals surface area contributed by atoms with E-state index in [1.54, 1.807) is 18.2 Å². The van der Waals surface area contributed by atoms with E-state index < -0.39 is 10.0 Å². The SMILES string of the molecule is O=C(NC[C@H](Cc1ccccc1F)c1ccccc1)c1ccc(S(=O)(=O)N(CCCl)CCCl)cc1. The van der Waals surface area contributed by atoms with Gasteiger partial charge in [0.05, 0.1) is 4.90 Å². The van der Waals surface area contributed by atoms with Gasteiger partial charge >= 0.3 is 0 Å². The summed E-state index contributed by atoms with van der Waals surface area (Å²) in [6.45, 7) is 0.569. The van der Waals surface area contributed by atoms with Crippen LogP contribution in [0.15, 0.2) is 83.8 Å². The smallest absolute Gasteiger partial charge is 0.251 e. The minimum atomic E-state index is -3.77. The zero-order valence-electron chi connectivity index (χ0n) is 19.0. The summed E-state index contributed by atoms with van der Waals surface area (Å²) in [6.07, 6.45) is 0.422. The van der Waals surface area contributed by atoms with Crippen molar-refractivity contribution in [2.24, 2.45) is 0 Å². The summed E-state index contributed by atoms with van der Waals surface area (Å²) in [5.41, 5.74) is 1.88. The molecule has 0 fully saturated rings. The van der Waals surface area contributed by atoms with Gasteiger partial charge in [0.25, 0.3) is 5.91 Å². The number of hydrogen-bond acceptors (Lipinski definition) is 3. The molecule has 0 aliphatic heterocycles. The number of nitrogens with zero attached hydrogens (tertiary/aromatic N) is 1. The van der Waals surface area contributed by atoms with E-state index in [-0.39, 0.29) is 53.9 Å². The molecule has 35 heavy (non-hydrogen) atoms. The van der Waals surface area contributed by atoms with E-state index in [1.165, 1.54) is 34.6 Å². The highest BCUT2D eigenvalue weighted by Crippen LogP contribution is 2.22. The molecule has 3 aromatic carbocycles. The number of rotatable bonds is 12. The molecular weight excluding hydrogens is 510 g/mol. The fourth-order valence-corrected chi connectivity index (χ4v) is 5.80. The molecule has 0 radical (unpaired) electrons. The molecular formula is C26H27Cl2FN2O3S. The van der Waals surface area contributed by atoms with Crippen molar-refractivity contribution in [2.45, 2.75) is 17.2 Å². The van der Waals surface area contributed by atoms with E-state index in [4.69, 9.17) is 23.2 Å². The highest BCUT2D eigenvalue weighted by atomic mass is 35.5. The van der Waals surface area contributed by atoms with E-state index in [9.17, 15) is 17.6 Å². The van der Waals surface area contributed by atoms with Crippen molar-refractivity contribution in [3.63, 3.8) is 0 Å². The summed E-state index contributed by atoms with van der Waals surface area (Å²) in [5.74, 6) is -0.481. The van der Waals surface area contributed by atoms with Gasteiger partial charge in [0.2, 0.25) is 10.0 Å². The Hall–Kier alpha value is -2.45. The van der Waals surface area contributed by atoms with Gasteiger partial charge in [0.15, 0.2) is 0 Å². The quantitative estimate of drug-likeness (QED) is 0.329. The Kier molecular flexibility index (Phi) is 10.1. The number of nitrogens with one attached hydrogen (secondary N) is 1. The van der Waals surface area contributed by atoms with Crippen molar-refractivity contribution in [1.29, 1.82) is 0 Å². The van der Waals surface area contributed by atoms with E-state index in [2.05, 4.69) is 5.32 Å². The third kappa shape index (κ3) is 7.27. The summed E-state index contributed by atoms with van der Waals surface area (Å²) in [6, 6.07) is 21.9. The van der Waals surface area contributed by atoms with Gasteiger partial charge < -0.3 is 5.32 Å². The number of alkyl halides is 2. The van der Waals surface area contributed by atoms with Crippen LogP contribution in [0, 0.1) is 5.82 Å². The average molecular weight is 537 g/mol. The molecule has 0 saturated carbocycles. The number of hydrogen-bond donors (Lipinski definition) is 1. The zero-order chi connectivity index (χ0) is 25.3. The van der Waals surface area contributed by atoms with Gasteiger partial charge in [-0.2, -0.15) is 4.31 Å². The van der Waals surface area contributed by atoms with Gasteiger partial charge in [0.1, 0.15) is 5.82 Å². The van der Waals surface area contributed by atoms with Gasteiger partial charge in [-0.05, 0) is 47.9 Å². The molecule has 3 aromatic rings. The zero-order valence-corrected chi connectivity index (χ0v) is 21.4. The number of benzene rings is 3. The molecule has 0 bridgehead atoms. The maximum atomic E-state index is 14.3. The van der Waals surface area contributed by atoms with Crippen LogP contribution in [0.4, 0.5) is 4.39 Å². The lowest BCUT2D eigenvalue weighted by molar-refractivity contribution is 0.0951. The van der Waals surface area contributed by atoms with Gasteiger partial charge in [-0.15, -0.1) is 23.2 Å². The maximum Gasteiger partial charge on any atom is 0.251 e. The molecule has 0 spiro atoms. The number of halogens is 3. The summed E-state index contributed by atoms with van der Waals surface area (Å²) in [4.78, 5) is 12.9. The summed E-state index contributed by atoms with van der Waals surface area (Å²) in [7, 11) is -3.77. The predicted molar refractivity (Wildman–Crippen MR) is 138 cm³/mol. The van der Waals surface area contributed by atoms with Gasteiger partial charge in [-0.3, -0.25) is 4.79 Å². The van der Waals surface area contributed by atoms with Crippen molar-refractivity contribution in [3.8, 4) is 0 Å². The minimum absolute atomic E-state index is 0.0611. The summed E-state index contributed by atoms with van der Waals surface area (Å²) < 4.78 is 41.2. The second-order valence-electron chi connectivity index (χ2n) is 7.92. The number of carbonyl (C=O) groups excluding carboxylic acids is 1. The second kappa shape index (κ2) is 13.0. The lowest BCUT2D eigenvalue weighted by Crippen LogP contribution is -2.34. The molecule has 3 rings (SSSR count). The Morgan fingerprint density at radius 2 is 1.49 bits per heavy atom. The fourth-order valence-electron chi connectivity index (χ4n) is 3.75. The number of amides is 1. The molecule has 0 aromatic heterocycles. The molecule has 0 heterocycles. The highest BCUT2D eigenvalue weighted by molar-refractivity contribution is 7.89. The standard InChI is InChI=1S/C26H27Cl2FN2O3S/c27-14-16-31(17-15-28)35(33,34)24-12-10-21(11-13-24)26(32)30-19-23(20-6-2-1-3-7-20)18-22-8-4-5-9-25(22)29/h1-13,23H,14-19H2,(H,30,32)/t23-/m0/s1. The molecule has 1 N–H and O–H groups in total. The largest absolute Gasteiger partial charge is 0.351 e. The first kappa shape index (κ1) is 27.1. The maximum absolute atomic E-state index is 14.3. The van der Waals surface area contributed by atoms with Gasteiger partial charge in [-0.25, -0.2) is 12.8 Å². The van der Waals surface area contributed by atoms with Crippen molar-refractivity contribution in [2.75, 3.05) is 31.4 Å². The third-order valence-electron chi connectivity index (χ3n) is 5.63. The van der Waals surface area contributed by atoms with Crippen LogP contribution in [0.25, 0.3) is 0 Å². The molecule has 186 valence electrons. The first-order valence-electron chi connectivity index (χ1n) is 11.2. The average Bonchev–Trinajstić information content (AvgIpc) is 2.88. The third-order valence-corrected chi connectivity index (χ3v) is 7.88. The van der Waals surface area contributed by atoms with E-state index in [0.717, 1.165) is 5.56 Å². The fraction of sp³-hybridized carbons (Fsp3) is 0.269. The Labute approximate surface area is 215 Å². The molecule has 1 atom stereocenters. The topological polar surface area (TPSA) is 66.5 Å². The minimum Gasteiger partial charge on any atom is -0.351 e. The Bertz CT molecular complexity index is 1200. The number of sulfonamides is 1. The molecule has 0 unspecified atom stereocenters. The highest BCUT2D eigenvalue weighted by Gasteiger charge is 2.24. The van der Waals surface area contributed by atoms with Crippen LogP contribution in [-0.4, -0.2) is 50.0 Å². The lowest BCUT2D eigenvalue weighted by atomic mass is 9.91. The summed E-state index contributed by atoms with van der Waals surface area (Å²) >= 11 is 11.5.